The van der Waals surface area contributed by atoms with E-state index >= 15 is 0 Å². The summed E-state index contributed by atoms with van der Waals surface area (Å²) in [5.41, 5.74) is -2.26. The highest BCUT2D eigenvalue weighted by Crippen LogP contribution is 2.49. The van der Waals surface area contributed by atoms with E-state index in [0.717, 1.165) is 26.2 Å². The van der Waals surface area contributed by atoms with Crippen LogP contribution in [0.3, 0.4) is 0 Å². The molecule has 0 aliphatic carbocycles. The molecule has 0 unspecified atom stereocenters. The Morgan fingerprint density at radius 1 is 0.815 bits per heavy atom. The molecule has 2 bridgehead atoms. The Labute approximate surface area is 387 Å². The first kappa shape index (κ1) is 55.6. The molecule has 14 nitrogen and oxygen atoms in total. The van der Waals surface area contributed by atoms with E-state index in [1.807, 2.05) is 39.0 Å². The van der Waals surface area contributed by atoms with Crippen molar-refractivity contribution in [2.24, 2.45) is 53.3 Å². The third kappa shape index (κ3) is 14.6. The minimum Gasteiger partial charge on any atom is -0.463 e. The van der Waals surface area contributed by atoms with Crippen molar-refractivity contribution in [2.75, 3.05) is 0 Å². The minimum atomic E-state index is -2.26. The zero-order valence-corrected chi connectivity index (χ0v) is 41.4. The predicted octanol–water partition coefficient (Wildman–Crippen LogP) is 7.60. The second-order valence-electron chi connectivity index (χ2n) is 19.7. The Hall–Kier alpha value is -3.72. The number of fused-ring (bicyclic) bond motifs is 2. The Balaban J connectivity index is 2.10. The van der Waals surface area contributed by atoms with Crippen molar-refractivity contribution in [2.45, 2.75) is 196 Å². The second-order valence-corrected chi connectivity index (χ2v) is 19.7. The van der Waals surface area contributed by atoms with Crippen LogP contribution in [0.25, 0.3) is 0 Å². The van der Waals surface area contributed by atoms with Gasteiger partial charge in [-0.15, -0.1) is 0 Å². The van der Waals surface area contributed by atoms with Crippen molar-refractivity contribution >= 4 is 35.4 Å². The summed E-state index contributed by atoms with van der Waals surface area (Å²) < 4.78 is 37.1. The average Bonchev–Trinajstić information content (AvgIpc) is 3.23. The molecule has 3 aliphatic rings. The lowest BCUT2D eigenvalue weighted by atomic mass is 9.74. The maximum Gasteiger partial charge on any atom is 0.330 e. The topological polar surface area (TPSA) is 198 Å². The van der Waals surface area contributed by atoms with Gasteiger partial charge in [-0.25, -0.2) is 4.79 Å². The molecular weight excluding hydrogens is 837 g/mol. The van der Waals surface area contributed by atoms with Crippen LogP contribution in [0.15, 0.2) is 36.5 Å². The maximum absolute atomic E-state index is 14.3. The van der Waals surface area contributed by atoms with Crippen LogP contribution < -0.4 is 0 Å². The van der Waals surface area contributed by atoms with Gasteiger partial charge in [-0.2, -0.15) is 0 Å². The number of carbonyl (C=O) groups excluding carboxylic acids is 6. The van der Waals surface area contributed by atoms with Crippen LogP contribution in [0.1, 0.15) is 142 Å². The molecule has 368 valence electrons. The van der Waals surface area contributed by atoms with Crippen LogP contribution in [0.5, 0.6) is 0 Å². The lowest BCUT2D eigenvalue weighted by Gasteiger charge is -2.55. The molecule has 3 rings (SSSR count). The van der Waals surface area contributed by atoms with Crippen LogP contribution in [0.4, 0.5) is 0 Å². The van der Waals surface area contributed by atoms with Gasteiger partial charge in [0.1, 0.15) is 35.8 Å². The monoisotopic (exact) mass is 917 g/mol. The van der Waals surface area contributed by atoms with Crippen molar-refractivity contribution in [3.8, 4) is 0 Å². The Morgan fingerprint density at radius 2 is 1.43 bits per heavy atom. The first-order valence-corrected chi connectivity index (χ1v) is 23.9. The van der Waals surface area contributed by atoms with E-state index in [-0.39, 0.29) is 42.0 Å². The number of hydrogen-bond donors (Lipinski definition) is 2. The fourth-order valence-electron chi connectivity index (χ4n) is 10.1. The summed E-state index contributed by atoms with van der Waals surface area (Å²) in [7, 11) is 0. The molecule has 2 fully saturated rings. The molecule has 65 heavy (non-hydrogen) atoms. The van der Waals surface area contributed by atoms with Crippen LogP contribution in [-0.4, -0.2) is 99.8 Å². The second kappa shape index (κ2) is 24.3. The number of esters is 4. The number of rotatable bonds is 6. The Kier molecular flexibility index (Phi) is 20.8. The first-order valence-electron chi connectivity index (χ1n) is 23.9. The molecule has 2 saturated heterocycles. The van der Waals surface area contributed by atoms with Gasteiger partial charge >= 0.3 is 23.9 Å². The van der Waals surface area contributed by atoms with Gasteiger partial charge in [0.15, 0.2) is 11.6 Å². The van der Waals surface area contributed by atoms with Crippen LogP contribution in [-0.2, 0) is 57.2 Å². The molecule has 0 radical (unpaired) electrons. The van der Waals surface area contributed by atoms with E-state index in [2.05, 4.69) is 19.9 Å². The zero-order chi connectivity index (χ0) is 49.1. The highest BCUT2D eigenvalue weighted by molar-refractivity contribution is 5.92. The average molecular weight is 917 g/mol. The molecular formula is C51H80O14. The van der Waals surface area contributed by atoms with Crippen LogP contribution >= 0.6 is 0 Å². The van der Waals surface area contributed by atoms with Gasteiger partial charge in [0.05, 0.1) is 36.1 Å². The Morgan fingerprint density at radius 3 is 2.03 bits per heavy atom. The summed E-state index contributed by atoms with van der Waals surface area (Å²) >= 11 is 0. The van der Waals surface area contributed by atoms with Gasteiger partial charge in [-0.1, -0.05) is 92.7 Å². The third-order valence-electron chi connectivity index (χ3n) is 14.3. The largest absolute Gasteiger partial charge is 0.463 e. The fourth-order valence-corrected chi connectivity index (χ4v) is 10.1. The summed E-state index contributed by atoms with van der Waals surface area (Å²) in [5, 5.41) is 22.9. The number of ether oxygens (including phenoxy) is 6. The van der Waals surface area contributed by atoms with E-state index in [9.17, 15) is 39.0 Å². The molecule has 3 heterocycles. The first-order chi connectivity index (χ1) is 30.3. The van der Waals surface area contributed by atoms with E-state index in [1.165, 1.54) is 46.8 Å². The normalized spacial score (nSPS) is 41.6. The summed E-state index contributed by atoms with van der Waals surface area (Å²) in [6.45, 7) is 23.0. The Bertz CT molecular complexity index is 1730. The molecule has 0 amide bonds. The maximum atomic E-state index is 14.3. The number of carbonyl (C=O) groups is 6. The highest BCUT2D eigenvalue weighted by Gasteiger charge is 2.56. The van der Waals surface area contributed by atoms with E-state index in [4.69, 9.17) is 28.4 Å². The molecule has 2 N–H and O–H groups in total. The number of Topliss-reactive ketones (excluding diaryl/α,β-unsaturated/α-hetero) is 2. The van der Waals surface area contributed by atoms with Crippen molar-refractivity contribution in [3.05, 3.63) is 36.5 Å². The van der Waals surface area contributed by atoms with Crippen LogP contribution in [0.2, 0.25) is 0 Å². The molecule has 3 aliphatic heterocycles. The molecule has 0 aromatic rings. The molecule has 18 atom stereocenters. The molecule has 0 aromatic heterocycles. The summed E-state index contributed by atoms with van der Waals surface area (Å²) in [6.07, 6.45) is 9.48. The van der Waals surface area contributed by atoms with E-state index < -0.39 is 101 Å². The predicted molar refractivity (Wildman–Crippen MR) is 244 cm³/mol. The summed E-state index contributed by atoms with van der Waals surface area (Å²) in [5.74, 6) is -9.71. The SMILES string of the molecule is CC[C@@H]1/C=C/C=C/C[C@H](C)[C@@H](O)[C@](C)(O)C(=O)[C@H](C)[C@@H](OC(C)=O)[C@H](C)C(=O)[C@H](C)[C@@H](OC(C)=O)[C@H](C)/C=C/C(=O)O[C@H]2[C@@H](C)[C@@H](CC1)O[C@@]1(CC[C@@H](C)[C@@H](C[C@H](C)OC(C)=O)O1)[C@@H]2C. The van der Waals surface area contributed by atoms with Gasteiger partial charge < -0.3 is 38.6 Å². The standard InChI is InChI=1S/C51H80O14/c1-15-40-20-18-16-17-19-30(4)48(57)50(14,59)49(58)35(9)46(62-39(13)54)34(8)44(56)33(7)45(61-38(12)53)29(3)21-24-43(55)63-47-32(6)41(23-22-40)64-51(36(47)10)26-25-28(2)42(65-51)27-31(5)60-37(11)52/h16-18,20-21,24,28-36,40-42,45-48,57,59H,15,19,22-23,25-27H2,1-14H3/b17-16+,20-18+,24-21+/t28-,29-,30+,31+,32+,33+,34-,35-,36-,40-,41-,42-,45+,46+,47+,48-,50+,51-/m1/s1. The smallest absolute Gasteiger partial charge is 0.330 e. The van der Waals surface area contributed by atoms with Crippen molar-refractivity contribution in [3.63, 3.8) is 0 Å². The minimum absolute atomic E-state index is 0.156. The molecule has 0 aromatic carbocycles. The molecule has 14 heteroatoms. The zero-order valence-electron chi connectivity index (χ0n) is 41.4. The van der Waals surface area contributed by atoms with Gasteiger partial charge in [0.2, 0.25) is 0 Å². The molecule has 1 spiro atoms. The lowest BCUT2D eigenvalue weighted by molar-refractivity contribution is -0.371. The van der Waals surface area contributed by atoms with Crippen molar-refractivity contribution < 1.29 is 67.4 Å². The van der Waals surface area contributed by atoms with E-state index in [0.29, 0.717) is 25.7 Å². The number of aliphatic hydroxyl groups excluding tert-OH is 1. The lowest BCUT2D eigenvalue weighted by Crippen LogP contribution is -2.62. The third-order valence-corrected chi connectivity index (χ3v) is 14.3. The van der Waals surface area contributed by atoms with Gasteiger partial charge in [0.25, 0.3) is 0 Å². The van der Waals surface area contributed by atoms with Gasteiger partial charge in [0, 0.05) is 57.4 Å². The quantitative estimate of drug-likeness (QED) is 0.195. The number of hydrogen-bond acceptors (Lipinski definition) is 14. The van der Waals surface area contributed by atoms with Crippen molar-refractivity contribution in [1.29, 1.82) is 0 Å². The van der Waals surface area contributed by atoms with Gasteiger partial charge in [-0.05, 0) is 63.7 Å². The number of ketones is 2. The molecule has 0 saturated carbocycles. The van der Waals surface area contributed by atoms with Gasteiger partial charge in [-0.3, -0.25) is 24.0 Å². The van der Waals surface area contributed by atoms with E-state index in [1.54, 1.807) is 20.8 Å². The summed E-state index contributed by atoms with van der Waals surface area (Å²) in [4.78, 5) is 78.8. The van der Waals surface area contributed by atoms with Crippen LogP contribution in [0, 0.1) is 53.3 Å². The summed E-state index contributed by atoms with van der Waals surface area (Å²) in [6, 6.07) is 0. The number of allylic oxidation sites excluding steroid dienone is 4. The van der Waals surface area contributed by atoms with Crippen molar-refractivity contribution in [1.82, 2.24) is 0 Å². The highest BCUT2D eigenvalue weighted by atomic mass is 16.7. The number of aliphatic hydroxyl groups is 2. The fraction of sp³-hybridized carbons (Fsp3) is 0.765.